The molecule has 5 N–H and O–H groups in total. The van der Waals surface area contributed by atoms with E-state index in [-0.39, 0.29) is 53.5 Å². The predicted octanol–water partition coefficient (Wildman–Crippen LogP) is 5.55. The minimum Gasteiger partial charge on any atom is -0.462 e. The van der Waals surface area contributed by atoms with Crippen LogP contribution in [0.4, 0.5) is 4.79 Å². The van der Waals surface area contributed by atoms with Crippen LogP contribution >= 0.6 is 0 Å². The maximum atomic E-state index is 11.9. The molecule has 41 heavy (non-hydrogen) atoms. The van der Waals surface area contributed by atoms with Crippen molar-refractivity contribution >= 4 is 12.1 Å². The molecule has 1 saturated heterocycles. The number of hydrogen-bond acceptors (Lipinski definition) is 7. The first-order chi connectivity index (χ1) is 19.1. The molecule has 0 aromatic carbocycles. The van der Waals surface area contributed by atoms with Gasteiger partial charge in [-0.25, -0.2) is 4.79 Å². The summed E-state index contributed by atoms with van der Waals surface area (Å²) >= 11 is 0. The molecule has 0 spiro atoms. The van der Waals surface area contributed by atoms with E-state index >= 15 is 0 Å². The number of cyclic esters (lactones) is 1. The Balaban J connectivity index is 2.73. The van der Waals surface area contributed by atoms with Crippen molar-refractivity contribution in [1.29, 1.82) is 0 Å². The highest BCUT2D eigenvalue weighted by atomic mass is 16.6. The fraction of sp³-hybridized carbons (Fsp3) is 0.758. The Bertz CT molecular complexity index is 900. The first kappa shape index (κ1) is 36.9. The van der Waals surface area contributed by atoms with E-state index in [2.05, 4.69) is 0 Å². The van der Waals surface area contributed by atoms with Crippen LogP contribution in [0.15, 0.2) is 36.0 Å². The molecule has 0 aromatic heterocycles. The number of hydrogen-bond donors (Lipinski definition) is 4. The summed E-state index contributed by atoms with van der Waals surface area (Å²) in [5, 5.41) is 32.6. The van der Waals surface area contributed by atoms with Crippen molar-refractivity contribution in [2.75, 3.05) is 0 Å². The Morgan fingerprint density at radius 3 is 2.24 bits per heavy atom. The lowest BCUT2D eigenvalue weighted by Crippen LogP contribution is -2.41. The second-order valence-electron chi connectivity index (χ2n) is 12.6. The number of aliphatic hydroxyl groups is 3. The number of carbonyl (C=O) groups excluding carboxylic acids is 2. The topological polar surface area (TPSA) is 139 Å². The van der Waals surface area contributed by atoms with E-state index in [0.29, 0.717) is 12.8 Å². The van der Waals surface area contributed by atoms with Crippen molar-refractivity contribution in [2.24, 2.45) is 47.2 Å². The van der Waals surface area contributed by atoms with Gasteiger partial charge in [-0.3, -0.25) is 4.79 Å². The van der Waals surface area contributed by atoms with Gasteiger partial charge in [0.2, 0.25) is 0 Å². The van der Waals surface area contributed by atoms with Gasteiger partial charge >= 0.3 is 12.1 Å². The normalized spacial score (nSPS) is 27.0. The van der Waals surface area contributed by atoms with Gasteiger partial charge < -0.3 is 30.5 Å². The van der Waals surface area contributed by atoms with E-state index in [1.807, 2.05) is 86.6 Å². The Morgan fingerprint density at radius 2 is 1.66 bits per heavy atom. The highest BCUT2D eigenvalue weighted by Gasteiger charge is 2.34. The lowest BCUT2D eigenvalue weighted by molar-refractivity contribution is -0.165. The van der Waals surface area contributed by atoms with E-state index in [4.69, 9.17) is 15.2 Å². The third-order valence-corrected chi connectivity index (χ3v) is 8.50. The number of rotatable bonds is 16. The summed E-state index contributed by atoms with van der Waals surface area (Å²) in [6.07, 6.45) is 8.21. The van der Waals surface area contributed by atoms with E-state index in [0.717, 1.165) is 18.4 Å². The van der Waals surface area contributed by atoms with E-state index < -0.39 is 30.5 Å². The Labute approximate surface area is 248 Å². The molecule has 0 aliphatic carbocycles. The molecule has 8 nitrogen and oxygen atoms in total. The Hall–Kier alpha value is -2.16. The van der Waals surface area contributed by atoms with Crippen molar-refractivity contribution in [2.45, 2.75) is 119 Å². The standard InChI is InChI=1S/C33H57NO7/c1-10-11-12-21(4)31(41-33(34)39)26(9)30(37)24(7)16-19(2)15-23(6)29(36)20(3)13-14-27(35)18-28-22(5)17-25(8)32(38)40-28/h11-15,20-31,35-37H,10,16-18H2,1-9H3,(H2,34,39)/b12-11-,14-13-,19-15-/t20?,21?,22-,23+,24+,25?,26+,27?,28?,29+,30-,31+/m1/s1. The van der Waals surface area contributed by atoms with Crippen molar-refractivity contribution in [3.8, 4) is 0 Å². The van der Waals surface area contributed by atoms with E-state index in [1.54, 1.807) is 6.08 Å². The fourth-order valence-electron chi connectivity index (χ4n) is 5.92. The summed E-state index contributed by atoms with van der Waals surface area (Å²) in [4.78, 5) is 23.5. The third-order valence-electron chi connectivity index (χ3n) is 8.50. The second kappa shape index (κ2) is 17.7. The lowest BCUT2D eigenvalue weighted by Gasteiger charge is -2.33. The van der Waals surface area contributed by atoms with Gasteiger partial charge in [-0.05, 0) is 38.0 Å². The van der Waals surface area contributed by atoms with Gasteiger partial charge in [-0.1, -0.05) is 91.3 Å². The number of ether oxygens (including phenoxy) is 2. The first-order valence-corrected chi connectivity index (χ1v) is 15.3. The zero-order valence-corrected chi connectivity index (χ0v) is 26.7. The molecular formula is C33H57NO7. The average molecular weight is 580 g/mol. The van der Waals surface area contributed by atoms with Crippen molar-refractivity contribution in [3.05, 3.63) is 36.0 Å². The van der Waals surface area contributed by atoms with Crippen LogP contribution in [0.5, 0.6) is 0 Å². The smallest absolute Gasteiger partial charge is 0.404 e. The van der Waals surface area contributed by atoms with Crippen molar-refractivity contribution in [3.63, 3.8) is 0 Å². The third kappa shape index (κ3) is 12.3. The monoisotopic (exact) mass is 579 g/mol. The number of allylic oxidation sites excluding steroid dienone is 2. The molecule has 1 rings (SSSR count). The molecule has 5 unspecified atom stereocenters. The van der Waals surface area contributed by atoms with Gasteiger partial charge in [0, 0.05) is 30.1 Å². The summed E-state index contributed by atoms with van der Waals surface area (Å²) in [7, 11) is 0. The number of primary amides is 1. The van der Waals surface area contributed by atoms with Gasteiger partial charge in [0.05, 0.1) is 24.2 Å². The number of aliphatic hydroxyl groups excluding tert-OH is 3. The molecule has 8 heteroatoms. The van der Waals surface area contributed by atoms with Gasteiger partial charge in [0.25, 0.3) is 0 Å². The fourth-order valence-corrected chi connectivity index (χ4v) is 5.92. The molecule has 1 amide bonds. The molecule has 12 atom stereocenters. The molecular weight excluding hydrogens is 522 g/mol. The molecule has 1 aliphatic rings. The molecule has 0 radical (unpaired) electrons. The molecule has 1 fully saturated rings. The van der Waals surface area contributed by atoms with Crippen LogP contribution in [-0.2, 0) is 14.3 Å². The minimum absolute atomic E-state index is 0.0936. The summed E-state index contributed by atoms with van der Waals surface area (Å²) < 4.78 is 10.9. The number of nitrogens with two attached hydrogens (primary N) is 1. The van der Waals surface area contributed by atoms with Gasteiger partial charge in [-0.2, -0.15) is 0 Å². The Morgan fingerprint density at radius 1 is 1.02 bits per heavy atom. The molecule has 1 aliphatic heterocycles. The maximum absolute atomic E-state index is 11.9. The van der Waals surface area contributed by atoms with Crippen LogP contribution in [-0.4, -0.2) is 57.9 Å². The number of carbonyl (C=O) groups is 2. The highest BCUT2D eigenvalue weighted by Crippen LogP contribution is 2.30. The number of esters is 1. The molecule has 0 bridgehead atoms. The van der Waals surface area contributed by atoms with Gasteiger partial charge in [0.15, 0.2) is 0 Å². The average Bonchev–Trinajstić information content (AvgIpc) is 2.90. The maximum Gasteiger partial charge on any atom is 0.404 e. The van der Waals surface area contributed by atoms with Gasteiger partial charge in [-0.15, -0.1) is 0 Å². The number of amides is 1. The summed E-state index contributed by atoms with van der Waals surface area (Å²) in [5.41, 5.74) is 6.36. The van der Waals surface area contributed by atoms with Crippen LogP contribution in [0.2, 0.25) is 0 Å². The summed E-state index contributed by atoms with van der Waals surface area (Å²) in [6.45, 7) is 17.5. The van der Waals surface area contributed by atoms with Crippen LogP contribution < -0.4 is 5.73 Å². The Kier molecular flexibility index (Phi) is 15.9. The first-order valence-electron chi connectivity index (χ1n) is 15.3. The quantitative estimate of drug-likeness (QED) is 0.139. The SMILES string of the molecule is CC/C=C\C(C)[C@H](OC(N)=O)[C@@H](C)[C@H](O)[C@@H](C)C/C(C)=C\[C@H](C)[C@@H](O)C(C)/C=C\C(O)CC1OC(=O)C(C)C[C@H]1C. The summed E-state index contributed by atoms with van der Waals surface area (Å²) in [6, 6.07) is 0. The van der Waals surface area contributed by atoms with E-state index in [1.165, 1.54) is 0 Å². The van der Waals surface area contributed by atoms with Crippen LogP contribution in [0, 0.1) is 41.4 Å². The molecule has 236 valence electrons. The molecule has 0 aromatic rings. The summed E-state index contributed by atoms with van der Waals surface area (Å²) in [5.74, 6) is -1.03. The zero-order chi connectivity index (χ0) is 31.4. The highest BCUT2D eigenvalue weighted by molar-refractivity contribution is 5.73. The van der Waals surface area contributed by atoms with E-state index in [9.17, 15) is 24.9 Å². The zero-order valence-electron chi connectivity index (χ0n) is 26.7. The molecule has 1 heterocycles. The predicted molar refractivity (Wildman–Crippen MR) is 163 cm³/mol. The van der Waals surface area contributed by atoms with Crippen LogP contribution in [0.1, 0.15) is 88.0 Å². The van der Waals surface area contributed by atoms with Crippen LogP contribution in [0.25, 0.3) is 0 Å². The van der Waals surface area contributed by atoms with Crippen molar-refractivity contribution in [1.82, 2.24) is 0 Å². The minimum atomic E-state index is -0.852. The van der Waals surface area contributed by atoms with Crippen LogP contribution in [0.3, 0.4) is 0 Å². The lowest BCUT2D eigenvalue weighted by atomic mass is 9.81. The largest absolute Gasteiger partial charge is 0.462 e. The van der Waals surface area contributed by atoms with Crippen molar-refractivity contribution < 1.29 is 34.4 Å². The molecule has 0 saturated carbocycles. The van der Waals surface area contributed by atoms with Gasteiger partial charge in [0.1, 0.15) is 12.2 Å². The second-order valence-corrected chi connectivity index (χ2v) is 12.6.